The van der Waals surface area contributed by atoms with Crippen molar-refractivity contribution in [2.45, 2.75) is 26.3 Å². The molecule has 3 N–H and O–H groups in total. The van der Waals surface area contributed by atoms with Crippen LogP contribution < -0.4 is 11.1 Å². The summed E-state index contributed by atoms with van der Waals surface area (Å²) in [6.45, 7) is 3.58. The average Bonchev–Trinajstić information content (AvgIpc) is 2.71. The van der Waals surface area contributed by atoms with E-state index in [4.69, 9.17) is 10.5 Å². The monoisotopic (exact) mass is 393 g/mol. The minimum Gasteiger partial charge on any atom is -0.466 e. The van der Waals surface area contributed by atoms with Gasteiger partial charge >= 0.3 is 5.97 Å². The van der Waals surface area contributed by atoms with E-state index in [0.717, 1.165) is 0 Å². The van der Waals surface area contributed by atoms with E-state index in [9.17, 15) is 14.4 Å². The number of hydrogen-bond donors (Lipinski definition) is 2. The Hall–Kier alpha value is -3.48. The largest absolute Gasteiger partial charge is 0.466 e. The summed E-state index contributed by atoms with van der Waals surface area (Å²) in [7, 11) is 0. The van der Waals surface area contributed by atoms with Crippen molar-refractivity contribution in [3.05, 3.63) is 54.1 Å². The lowest BCUT2D eigenvalue weighted by Gasteiger charge is -2.20. The van der Waals surface area contributed by atoms with Crippen LogP contribution in [0.1, 0.15) is 30.6 Å². The van der Waals surface area contributed by atoms with E-state index in [-0.39, 0.29) is 13.0 Å². The Morgan fingerprint density at radius 2 is 1.59 bits per heavy atom. The number of benzene rings is 2. The van der Waals surface area contributed by atoms with Gasteiger partial charge in [-0.1, -0.05) is 43.3 Å². The Balaban J connectivity index is 1.97. The topological polar surface area (TPSA) is 111 Å². The highest BCUT2D eigenvalue weighted by Crippen LogP contribution is 2.26. The number of esters is 1. The fourth-order valence-corrected chi connectivity index (χ4v) is 3.30. The van der Waals surface area contributed by atoms with E-state index in [2.05, 4.69) is 10.3 Å². The van der Waals surface area contributed by atoms with Gasteiger partial charge in [0.15, 0.2) is 0 Å². The lowest BCUT2D eigenvalue weighted by atomic mass is 9.99. The second-order valence-corrected chi connectivity index (χ2v) is 6.84. The molecule has 2 aromatic carbocycles. The van der Waals surface area contributed by atoms with E-state index in [1.807, 2.05) is 48.5 Å². The van der Waals surface area contributed by atoms with Crippen LogP contribution in [0.5, 0.6) is 0 Å². The first-order valence-electron chi connectivity index (χ1n) is 9.46. The quantitative estimate of drug-likeness (QED) is 0.473. The number of nitrogens with one attached hydrogen (secondary N) is 1. The third kappa shape index (κ3) is 4.34. The van der Waals surface area contributed by atoms with Gasteiger partial charge in [-0.05, 0) is 25.5 Å². The molecular weight excluding hydrogens is 370 g/mol. The SMILES string of the molecule is CCOC(=O)[C@H](C)C[C@H](NC(=O)c1c2ccccc2nc2ccccc12)C(N)=O. The minimum atomic E-state index is -1.01. The minimum absolute atomic E-state index is 0.0564. The van der Waals surface area contributed by atoms with E-state index in [0.29, 0.717) is 27.4 Å². The van der Waals surface area contributed by atoms with Gasteiger partial charge in [0.2, 0.25) is 5.91 Å². The zero-order valence-corrected chi connectivity index (χ0v) is 16.3. The molecule has 3 aromatic rings. The van der Waals surface area contributed by atoms with Crippen molar-refractivity contribution in [2.24, 2.45) is 11.7 Å². The predicted molar refractivity (Wildman–Crippen MR) is 110 cm³/mol. The maximum atomic E-state index is 13.2. The summed E-state index contributed by atoms with van der Waals surface area (Å²) in [5.41, 5.74) is 7.26. The molecule has 0 bridgehead atoms. The zero-order valence-electron chi connectivity index (χ0n) is 16.3. The summed E-state index contributed by atoms with van der Waals surface area (Å²) < 4.78 is 4.98. The first kappa shape index (κ1) is 20.3. The molecule has 1 heterocycles. The Morgan fingerprint density at radius 3 is 2.10 bits per heavy atom. The standard InChI is InChI=1S/C22H23N3O4/c1-3-29-22(28)13(2)12-18(20(23)26)25-21(27)19-14-8-4-6-10-16(14)24-17-11-7-5-9-15(17)19/h4-11,13,18H,3,12H2,1-2H3,(H2,23,26)(H,25,27)/t13-,18+/m1/s1. The fourth-order valence-electron chi connectivity index (χ4n) is 3.30. The van der Waals surface area contributed by atoms with Gasteiger partial charge in [-0.2, -0.15) is 0 Å². The number of carbonyl (C=O) groups is 3. The van der Waals surface area contributed by atoms with Crippen molar-refractivity contribution in [2.75, 3.05) is 6.61 Å². The lowest BCUT2D eigenvalue weighted by molar-refractivity contribution is -0.147. The van der Waals surface area contributed by atoms with Crippen LogP contribution in [0.2, 0.25) is 0 Å². The number of nitrogens with zero attached hydrogens (tertiary/aromatic N) is 1. The van der Waals surface area contributed by atoms with Gasteiger partial charge in [0, 0.05) is 10.8 Å². The van der Waals surface area contributed by atoms with Crippen LogP contribution in [0, 0.1) is 5.92 Å². The van der Waals surface area contributed by atoms with E-state index in [1.165, 1.54) is 0 Å². The second kappa shape index (κ2) is 8.68. The van der Waals surface area contributed by atoms with Gasteiger partial charge in [0.25, 0.3) is 5.91 Å². The molecule has 1 aromatic heterocycles. The van der Waals surface area contributed by atoms with Crippen LogP contribution >= 0.6 is 0 Å². The second-order valence-electron chi connectivity index (χ2n) is 6.84. The number of ether oxygens (including phenoxy) is 1. The number of amides is 2. The van der Waals surface area contributed by atoms with E-state index in [1.54, 1.807) is 13.8 Å². The molecule has 0 aliphatic heterocycles. The lowest BCUT2D eigenvalue weighted by Crippen LogP contribution is -2.46. The molecule has 0 saturated carbocycles. The van der Waals surface area contributed by atoms with Crippen LogP contribution in [0.15, 0.2) is 48.5 Å². The molecule has 0 aliphatic rings. The van der Waals surface area contributed by atoms with Gasteiger partial charge in [0.1, 0.15) is 6.04 Å². The van der Waals surface area contributed by atoms with Crippen LogP contribution in [-0.2, 0) is 14.3 Å². The Labute approximate surface area is 168 Å². The summed E-state index contributed by atoms with van der Waals surface area (Å²) >= 11 is 0. The summed E-state index contributed by atoms with van der Waals surface area (Å²) in [5, 5.41) is 4.04. The Morgan fingerprint density at radius 1 is 1.03 bits per heavy atom. The molecule has 0 aliphatic carbocycles. The third-order valence-electron chi connectivity index (χ3n) is 4.74. The van der Waals surface area contributed by atoms with E-state index >= 15 is 0 Å². The van der Waals surface area contributed by atoms with Gasteiger partial charge in [-0.3, -0.25) is 14.4 Å². The third-order valence-corrected chi connectivity index (χ3v) is 4.74. The normalized spacial score (nSPS) is 13.0. The number of pyridine rings is 1. The number of para-hydroxylation sites is 2. The number of fused-ring (bicyclic) bond motifs is 2. The molecular formula is C22H23N3O4. The molecule has 0 saturated heterocycles. The van der Waals surface area contributed by atoms with Gasteiger partial charge in [0.05, 0.1) is 29.1 Å². The number of carbonyl (C=O) groups excluding carboxylic acids is 3. The van der Waals surface area contributed by atoms with Crippen LogP contribution in [0.4, 0.5) is 0 Å². The van der Waals surface area contributed by atoms with Crippen molar-refractivity contribution in [3.63, 3.8) is 0 Å². The molecule has 0 unspecified atom stereocenters. The number of hydrogen-bond acceptors (Lipinski definition) is 5. The highest BCUT2D eigenvalue weighted by atomic mass is 16.5. The smallest absolute Gasteiger partial charge is 0.308 e. The summed E-state index contributed by atoms with van der Waals surface area (Å²) in [6, 6.07) is 13.6. The molecule has 150 valence electrons. The number of aromatic nitrogens is 1. The van der Waals surface area contributed by atoms with Gasteiger partial charge < -0.3 is 15.8 Å². The molecule has 7 heteroatoms. The molecule has 3 rings (SSSR count). The van der Waals surface area contributed by atoms with Crippen LogP contribution in [0.3, 0.4) is 0 Å². The van der Waals surface area contributed by atoms with Crippen molar-refractivity contribution < 1.29 is 19.1 Å². The molecule has 0 radical (unpaired) electrons. The van der Waals surface area contributed by atoms with Crippen molar-refractivity contribution in [1.82, 2.24) is 10.3 Å². The highest BCUT2D eigenvalue weighted by Gasteiger charge is 2.27. The average molecular weight is 393 g/mol. The van der Waals surface area contributed by atoms with E-state index < -0.39 is 29.7 Å². The summed E-state index contributed by atoms with van der Waals surface area (Å²) in [5.74, 6) is -2.18. The van der Waals surface area contributed by atoms with Crippen LogP contribution in [-0.4, -0.2) is 35.4 Å². The summed E-state index contributed by atoms with van der Waals surface area (Å²) in [4.78, 5) is 41.7. The molecule has 0 fully saturated rings. The molecule has 0 spiro atoms. The first-order valence-corrected chi connectivity index (χ1v) is 9.46. The zero-order chi connectivity index (χ0) is 21.0. The number of primary amides is 1. The maximum Gasteiger partial charge on any atom is 0.308 e. The first-order chi connectivity index (χ1) is 13.9. The highest BCUT2D eigenvalue weighted by molar-refractivity contribution is 6.16. The van der Waals surface area contributed by atoms with Gasteiger partial charge in [-0.15, -0.1) is 0 Å². The molecule has 7 nitrogen and oxygen atoms in total. The van der Waals surface area contributed by atoms with Crippen molar-refractivity contribution in [3.8, 4) is 0 Å². The van der Waals surface area contributed by atoms with Crippen molar-refractivity contribution in [1.29, 1.82) is 0 Å². The van der Waals surface area contributed by atoms with Crippen LogP contribution in [0.25, 0.3) is 21.8 Å². The fraction of sp³-hybridized carbons (Fsp3) is 0.273. The predicted octanol–water partition coefficient (Wildman–Crippen LogP) is 2.56. The maximum absolute atomic E-state index is 13.2. The van der Waals surface area contributed by atoms with Gasteiger partial charge in [-0.25, -0.2) is 4.98 Å². The number of rotatable bonds is 7. The molecule has 2 atom stereocenters. The Bertz CT molecular complexity index is 1030. The molecule has 2 amide bonds. The molecule has 29 heavy (non-hydrogen) atoms. The van der Waals surface area contributed by atoms with Crippen molar-refractivity contribution >= 4 is 39.6 Å². The number of nitrogens with two attached hydrogens (primary N) is 1. The Kier molecular flexibility index (Phi) is 6.07. The summed E-state index contributed by atoms with van der Waals surface area (Å²) in [6.07, 6.45) is 0.0564.